The van der Waals surface area contributed by atoms with Crippen LogP contribution in [0.2, 0.25) is 0 Å². The molecule has 0 saturated carbocycles. The Morgan fingerprint density at radius 3 is 2.47 bits per heavy atom. The number of aromatic carboxylic acids is 1. The molecule has 0 radical (unpaired) electrons. The quantitative estimate of drug-likeness (QED) is 0.699. The van der Waals surface area contributed by atoms with Gasteiger partial charge in [0.2, 0.25) is 15.9 Å². The van der Waals surface area contributed by atoms with Crippen LogP contribution in [0.25, 0.3) is 0 Å². The topological polar surface area (TPSA) is 127 Å². The SMILES string of the molecule is Cc1c(Br)cc(S(=O)(=O)NCC(N)=O)cc1C(=O)O. The molecule has 104 valence electrons. The molecule has 0 aliphatic carbocycles. The highest BCUT2D eigenvalue weighted by Crippen LogP contribution is 2.24. The van der Waals surface area contributed by atoms with Crippen LogP contribution in [0.1, 0.15) is 15.9 Å². The molecule has 9 heteroatoms. The lowest BCUT2D eigenvalue weighted by Crippen LogP contribution is -2.33. The van der Waals surface area contributed by atoms with Gasteiger partial charge in [-0.15, -0.1) is 0 Å². The van der Waals surface area contributed by atoms with Crippen molar-refractivity contribution in [2.24, 2.45) is 5.73 Å². The molecular formula is C10H11BrN2O5S. The zero-order chi connectivity index (χ0) is 14.8. The number of carboxylic acids is 1. The fourth-order valence-corrected chi connectivity index (χ4v) is 2.94. The highest BCUT2D eigenvalue weighted by atomic mass is 79.9. The third kappa shape index (κ3) is 3.75. The predicted molar refractivity (Wildman–Crippen MR) is 70.2 cm³/mol. The number of rotatable bonds is 5. The zero-order valence-corrected chi connectivity index (χ0v) is 12.2. The molecule has 0 saturated heterocycles. The molecule has 0 spiro atoms. The Bertz CT molecular complexity index is 642. The summed E-state index contributed by atoms with van der Waals surface area (Å²) < 4.78 is 26.0. The summed E-state index contributed by atoms with van der Waals surface area (Å²) in [5.41, 5.74) is 5.10. The van der Waals surface area contributed by atoms with Gasteiger partial charge in [0.25, 0.3) is 0 Å². The van der Waals surface area contributed by atoms with Gasteiger partial charge < -0.3 is 10.8 Å². The monoisotopic (exact) mass is 350 g/mol. The smallest absolute Gasteiger partial charge is 0.336 e. The first-order valence-corrected chi connectivity index (χ1v) is 7.24. The summed E-state index contributed by atoms with van der Waals surface area (Å²) in [6.07, 6.45) is 0. The number of nitrogens with one attached hydrogen (secondary N) is 1. The molecule has 1 aromatic rings. The van der Waals surface area contributed by atoms with E-state index >= 15 is 0 Å². The standard InChI is InChI=1S/C10H11BrN2O5S/c1-5-7(10(15)16)2-6(3-8(5)11)19(17,18)13-4-9(12)14/h2-3,13H,4H2,1H3,(H2,12,14)(H,15,16). The van der Waals surface area contributed by atoms with Crippen molar-refractivity contribution in [1.82, 2.24) is 4.72 Å². The average Bonchev–Trinajstić information content (AvgIpc) is 2.29. The van der Waals surface area contributed by atoms with Gasteiger partial charge in [-0.2, -0.15) is 0 Å². The third-order valence-electron chi connectivity index (χ3n) is 2.29. The Kier molecular flexibility index (Phi) is 4.66. The number of primary amides is 1. The highest BCUT2D eigenvalue weighted by Gasteiger charge is 2.20. The van der Waals surface area contributed by atoms with Crippen molar-refractivity contribution >= 4 is 37.8 Å². The van der Waals surface area contributed by atoms with Crippen molar-refractivity contribution in [3.05, 3.63) is 27.7 Å². The number of carbonyl (C=O) groups excluding carboxylic acids is 1. The molecule has 0 aliphatic rings. The van der Waals surface area contributed by atoms with E-state index < -0.39 is 28.4 Å². The molecule has 0 unspecified atom stereocenters. The molecule has 0 heterocycles. The minimum Gasteiger partial charge on any atom is -0.478 e. The molecule has 0 aromatic heterocycles. The Labute approximate surface area is 118 Å². The number of carbonyl (C=O) groups is 2. The van der Waals surface area contributed by atoms with E-state index in [0.29, 0.717) is 10.0 Å². The van der Waals surface area contributed by atoms with E-state index in [2.05, 4.69) is 15.9 Å². The van der Waals surface area contributed by atoms with E-state index in [-0.39, 0.29) is 10.5 Å². The van der Waals surface area contributed by atoms with Crippen LogP contribution in [-0.4, -0.2) is 31.9 Å². The summed E-state index contributed by atoms with van der Waals surface area (Å²) in [5, 5.41) is 8.99. The predicted octanol–water partition coefficient (Wildman–Crippen LogP) is 0.219. The molecule has 0 fully saturated rings. The number of halogens is 1. The normalized spacial score (nSPS) is 11.3. The van der Waals surface area contributed by atoms with Crippen molar-refractivity contribution in [1.29, 1.82) is 0 Å². The molecule has 1 amide bonds. The fraction of sp³-hybridized carbons (Fsp3) is 0.200. The number of benzene rings is 1. The van der Waals surface area contributed by atoms with Crippen molar-refractivity contribution in [2.75, 3.05) is 6.54 Å². The van der Waals surface area contributed by atoms with Crippen LogP contribution >= 0.6 is 15.9 Å². The van der Waals surface area contributed by atoms with Gasteiger partial charge in [-0.1, -0.05) is 15.9 Å². The summed E-state index contributed by atoms with van der Waals surface area (Å²) in [5.74, 6) is -2.08. The van der Waals surface area contributed by atoms with E-state index in [1.54, 1.807) is 6.92 Å². The highest BCUT2D eigenvalue weighted by molar-refractivity contribution is 9.10. The summed E-state index contributed by atoms with van der Waals surface area (Å²) in [4.78, 5) is 21.3. The lowest BCUT2D eigenvalue weighted by molar-refractivity contribution is -0.116. The Balaban J connectivity index is 3.28. The van der Waals surface area contributed by atoms with Gasteiger partial charge in [-0.05, 0) is 24.6 Å². The Morgan fingerprint density at radius 2 is 2.00 bits per heavy atom. The van der Waals surface area contributed by atoms with Gasteiger partial charge in [-0.25, -0.2) is 17.9 Å². The molecule has 1 aromatic carbocycles. The molecule has 19 heavy (non-hydrogen) atoms. The van der Waals surface area contributed by atoms with Gasteiger partial charge in [0.15, 0.2) is 0 Å². The van der Waals surface area contributed by atoms with E-state index in [0.717, 1.165) is 6.07 Å². The van der Waals surface area contributed by atoms with Crippen molar-refractivity contribution in [2.45, 2.75) is 11.8 Å². The largest absolute Gasteiger partial charge is 0.478 e. The van der Waals surface area contributed by atoms with E-state index in [9.17, 15) is 18.0 Å². The lowest BCUT2D eigenvalue weighted by Gasteiger charge is -2.09. The van der Waals surface area contributed by atoms with Crippen molar-refractivity contribution in [3.63, 3.8) is 0 Å². The molecular weight excluding hydrogens is 340 g/mol. The molecule has 1 rings (SSSR count). The number of hydrogen-bond donors (Lipinski definition) is 3. The number of carboxylic acid groups (broad SMARTS) is 1. The first-order valence-electron chi connectivity index (χ1n) is 4.96. The Hall–Kier alpha value is -1.45. The third-order valence-corrected chi connectivity index (χ3v) is 4.50. The van der Waals surface area contributed by atoms with Crippen LogP contribution < -0.4 is 10.5 Å². The first kappa shape index (κ1) is 15.6. The van der Waals surface area contributed by atoms with Crippen LogP contribution in [0.4, 0.5) is 0 Å². The second-order valence-corrected chi connectivity index (χ2v) is 6.29. The number of hydrogen-bond acceptors (Lipinski definition) is 4. The van der Waals surface area contributed by atoms with Crippen LogP contribution in [0.3, 0.4) is 0 Å². The molecule has 0 aliphatic heterocycles. The van der Waals surface area contributed by atoms with Crippen LogP contribution in [-0.2, 0) is 14.8 Å². The lowest BCUT2D eigenvalue weighted by atomic mass is 10.1. The summed E-state index contributed by atoms with van der Waals surface area (Å²) in [7, 11) is -3.99. The van der Waals surface area contributed by atoms with Crippen molar-refractivity contribution < 1.29 is 23.1 Å². The average molecular weight is 351 g/mol. The first-order chi connectivity index (χ1) is 8.65. The van der Waals surface area contributed by atoms with Crippen LogP contribution in [0.5, 0.6) is 0 Å². The van der Waals surface area contributed by atoms with Gasteiger partial charge >= 0.3 is 5.97 Å². The fourth-order valence-electron chi connectivity index (χ4n) is 1.28. The van der Waals surface area contributed by atoms with Gasteiger partial charge in [-0.3, -0.25) is 4.79 Å². The van der Waals surface area contributed by atoms with Gasteiger partial charge in [0.1, 0.15) is 0 Å². The van der Waals surface area contributed by atoms with E-state index in [4.69, 9.17) is 10.8 Å². The number of nitrogens with two attached hydrogens (primary N) is 1. The molecule has 4 N–H and O–H groups in total. The zero-order valence-electron chi connectivity index (χ0n) is 9.81. The molecule has 7 nitrogen and oxygen atoms in total. The second kappa shape index (κ2) is 5.68. The summed E-state index contributed by atoms with van der Waals surface area (Å²) >= 11 is 3.09. The van der Waals surface area contributed by atoms with Crippen molar-refractivity contribution in [3.8, 4) is 0 Å². The minimum atomic E-state index is -3.99. The molecule has 0 bridgehead atoms. The maximum absolute atomic E-state index is 11.8. The maximum Gasteiger partial charge on any atom is 0.336 e. The van der Waals surface area contributed by atoms with Crippen LogP contribution in [0, 0.1) is 6.92 Å². The minimum absolute atomic E-state index is 0.145. The second-order valence-electron chi connectivity index (χ2n) is 3.67. The van der Waals surface area contributed by atoms with Gasteiger partial charge in [0.05, 0.1) is 17.0 Å². The summed E-state index contributed by atoms with van der Waals surface area (Å²) in [6.45, 7) is 0.983. The van der Waals surface area contributed by atoms with Crippen LogP contribution in [0.15, 0.2) is 21.5 Å². The molecule has 0 atom stereocenters. The maximum atomic E-state index is 11.8. The van der Waals surface area contributed by atoms with Gasteiger partial charge in [0, 0.05) is 4.47 Å². The van der Waals surface area contributed by atoms with E-state index in [1.165, 1.54) is 6.07 Å². The number of sulfonamides is 1. The number of amides is 1. The Morgan fingerprint density at radius 1 is 1.42 bits per heavy atom. The van der Waals surface area contributed by atoms with E-state index in [1.807, 2.05) is 4.72 Å². The summed E-state index contributed by atoms with van der Waals surface area (Å²) in [6, 6.07) is 2.27.